The summed E-state index contributed by atoms with van der Waals surface area (Å²) in [4.78, 5) is 24.4. The number of carbonyl (C=O) groups excluding carboxylic acids is 1. The lowest BCUT2D eigenvalue weighted by atomic mass is 9.93. The Labute approximate surface area is 221 Å². The van der Waals surface area contributed by atoms with Crippen LogP contribution in [0.4, 0.5) is 0 Å². The Balaban J connectivity index is 1.39. The number of pyridine rings is 1. The van der Waals surface area contributed by atoms with E-state index in [1.54, 1.807) is 18.3 Å². The van der Waals surface area contributed by atoms with Gasteiger partial charge in [-0.05, 0) is 55.9 Å². The van der Waals surface area contributed by atoms with Crippen molar-refractivity contribution in [3.8, 4) is 29.0 Å². The maximum absolute atomic E-state index is 11.5. The molecule has 0 fully saturated rings. The van der Waals surface area contributed by atoms with Crippen LogP contribution < -0.4 is 4.74 Å². The number of imidazole rings is 1. The van der Waals surface area contributed by atoms with Gasteiger partial charge >= 0.3 is 5.97 Å². The van der Waals surface area contributed by atoms with Crippen LogP contribution in [0.3, 0.4) is 0 Å². The third kappa shape index (κ3) is 7.68. The molecule has 1 aliphatic carbocycles. The fourth-order valence-corrected chi connectivity index (χ4v) is 4.23. The number of rotatable bonds is 11. The second kappa shape index (κ2) is 14.0. The number of phenolic OH excluding ortho intramolecular Hbond substituents is 1. The number of ether oxygens (including phenoxy) is 2. The fraction of sp³-hybridized carbons (Fsp3) is 0.345. The largest absolute Gasteiger partial charge is 0.507 e. The summed E-state index contributed by atoms with van der Waals surface area (Å²) < 4.78 is 13.1. The Hall–Kier alpha value is -4.13. The van der Waals surface area contributed by atoms with Gasteiger partial charge in [-0.15, -0.1) is 0 Å². The molecule has 1 unspecified atom stereocenters. The Morgan fingerprint density at radius 1 is 1.24 bits per heavy atom. The van der Waals surface area contributed by atoms with E-state index >= 15 is 0 Å². The molecule has 0 bridgehead atoms. The fourth-order valence-electron chi connectivity index (χ4n) is 4.23. The molecule has 1 atom stereocenters. The predicted molar refractivity (Wildman–Crippen MR) is 140 cm³/mol. The number of allylic oxidation sites excluding steroid dienone is 2. The zero-order valence-corrected chi connectivity index (χ0v) is 21.1. The molecule has 3 aromatic rings. The number of hydrogen-bond donors (Lipinski definition) is 2. The van der Waals surface area contributed by atoms with Gasteiger partial charge in [-0.25, -0.2) is 9.87 Å². The lowest BCUT2D eigenvalue weighted by molar-refractivity contribution is -0.242. The number of aromatic nitrogens is 3. The molecule has 0 aliphatic heterocycles. The Morgan fingerprint density at radius 3 is 2.92 bits per heavy atom. The first-order valence-electron chi connectivity index (χ1n) is 12.6. The molecule has 1 aliphatic rings. The van der Waals surface area contributed by atoms with Gasteiger partial charge in [-0.3, -0.25) is 19.6 Å². The van der Waals surface area contributed by atoms with Crippen LogP contribution in [-0.4, -0.2) is 44.1 Å². The van der Waals surface area contributed by atoms with E-state index in [0.29, 0.717) is 23.7 Å². The van der Waals surface area contributed by atoms with Gasteiger partial charge in [-0.1, -0.05) is 24.0 Å². The molecule has 0 saturated carbocycles. The van der Waals surface area contributed by atoms with E-state index < -0.39 is 5.97 Å². The smallest absolute Gasteiger partial charge is 0.306 e. The van der Waals surface area contributed by atoms with Gasteiger partial charge in [0.2, 0.25) is 0 Å². The Morgan fingerprint density at radius 2 is 2.16 bits per heavy atom. The minimum absolute atomic E-state index is 0.0352. The highest BCUT2D eigenvalue weighted by molar-refractivity contribution is 5.69. The van der Waals surface area contributed by atoms with Crippen molar-refractivity contribution in [3.63, 3.8) is 0 Å². The second-order valence-electron chi connectivity index (χ2n) is 8.90. The highest BCUT2D eigenvalue weighted by Gasteiger charge is 2.17. The summed E-state index contributed by atoms with van der Waals surface area (Å²) in [5, 5.41) is 18.7. The maximum Gasteiger partial charge on any atom is 0.306 e. The van der Waals surface area contributed by atoms with Gasteiger partial charge in [0, 0.05) is 25.1 Å². The highest BCUT2D eigenvalue weighted by atomic mass is 17.1. The number of phenols is 1. The highest BCUT2D eigenvalue weighted by Crippen LogP contribution is 2.26. The lowest BCUT2D eigenvalue weighted by Gasteiger charge is -2.18. The van der Waals surface area contributed by atoms with E-state index in [9.17, 15) is 9.90 Å². The molecule has 2 N–H and O–H groups in total. The molecule has 9 nitrogen and oxygen atoms in total. The van der Waals surface area contributed by atoms with Gasteiger partial charge in [0.15, 0.2) is 6.61 Å². The van der Waals surface area contributed by atoms with E-state index in [1.807, 2.05) is 24.5 Å². The third-order valence-corrected chi connectivity index (χ3v) is 6.11. The standard InChI is InChI=1S/C29H31N3O6/c33-27-18-26(13-12-23(27)9-5-15-36-29(34)11-6-16-38-35)37-21-25-20-31-28(17-22-7-2-1-3-8-22)32(25)24-10-4-14-30-19-24/h2,4,7,10,12-14,18-20,22,33,35H,1,3,6,8,11,15-17,21H2. The lowest BCUT2D eigenvalue weighted by Crippen LogP contribution is -2.12. The number of hydrogen-bond acceptors (Lipinski definition) is 8. The molecule has 4 rings (SSSR count). The molecule has 198 valence electrons. The second-order valence-corrected chi connectivity index (χ2v) is 8.90. The summed E-state index contributed by atoms with van der Waals surface area (Å²) in [6.45, 7) is 0.214. The number of aromatic hydroxyl groups is 1. The van der Waals surface area contributed by atoms with Gasteiger partial charge in [0.25, 0.3) is 0 Å². The summed E-state index contributed by atoms with van der Waals surface area (Å²) in [5.74, 6) is 6.93. The monoisotopic (exact) mass is 517 g/mol. The molecule has 0 amide bonds. The summed E-state index contributed by atoms with van der Waals surface area (Å²) in [6, 6.07) is 8.78. The van der Waals surface area contributed by atoms with Crippen LogP contribution in [0.15, 0.2) is 61.1 Å². The van der Waals surface area contributed by atoms with Gasteiger partial charge in [0.05, 0.1) is 35.9 Å². The van der Waals surface area contributed by atoms with Crippen LogP contribution >= 0.6 is 0 Å². The quantitative estimate of drug-likeness (QED) is 0.0946. The van der Waals surface area contributed by atoms with Crippen LogP contribution in [0.5, 0.6) is 11.5 Å². The first kappa shape index (κ1) is 26.9. The summed E-state index contributed by atoms with van der Waals surface area (Å²) in [5.41, 5.74) is 2.20. The van der Waals surface area contributed by atoms with Crippen molar-refractivity contribution in [1.82, 2.24) is 14.5 Å². The zero-order chi connectivity index (χ0) is 26.6. The van der Waals surface area contributed by atoms with Crippen LogP contribution in [0, 0.1) is 17.8 Å². The maximum atomic E-state index is 11.5. The van der Waals surface area contributed by atoms with Crippen LogP contribution in [0.2, 0.25) is 0 Å². The van der Waals surface area contributed by atoms with E-state index in [0.717, 1.165) is 36.5 Å². The van der Waals surface area contributed by atoms with Crippen molar-refractivity contribution in [1.29, 1.82) is 0 Å². The van der Waals surface area contributed by atoms with Crippen molar-refractivity contribution in [3.05, 3.63) is 78.2 Å². The minimum atomic E-state index is -0.437. The van der Waals surface area contributed by atoms with Crippen molar-refractivity contribution < 1.29 is 29.5 Å². The molecular weight excluding hydrogens is 486 g/mol. The summed E-state index contributed by atoms with van der Waals surface area (Å²) in [7, 11) is 0. The molecule has 1 aromatic carbocycles. The SMILES string of the molecule is O=C(CCCOO)OCC#Cc1ccc(OCc2cnc(CC3C=CCCC3)n2-c2cccnc2)cc1O. The van der Waals surface area contributed by atoms with Crippen molar-refractivity contribution in [2.75, 3.05) is 13.2 Å². The number of esters is 1. The molecule has 2 aromatic heterocycles. The minimum Gasteiger partial charge on any atom is -0.507 e. The normalized spacial score (nSPS) is 14.5. The molecule has 0 radical (unpaired) electrons. The first-order chi connectivity index (χ1) is 18.6. The van der Waals surface area contributed by atoms with Gasteiger partial charge < -0.3 is 14.6 Å². The average Bonchev–Trinajstić information content (AvgIpc) is 3.34. The Kier molecular flexibility index (Phi) is 9.90. The van der Waals surface area contributed by atoms with E-state index in [1.165, 1.54) is 12.5 Å². The summed E-state index contributed by atoms with van der Waals surface area (Å²) in [6.07, 6.45) is 14.7. The molecule has 2 heterocycles. The van der Waals surface area contributed by atoms with Gasteiger partial charge in [-0.2, -0.15) is 0 Å². The average molecular weight is 518 g/mol. The predicted octanol–water partition coefficient (Wildman–Crippen LogP) is 4.62. The van der Waals surface area contributed by atoms with Crippen molar-refractivity contribution in [2.24, 2.45) is 5.92 Å². The van der Waals surface area contributed by atoms with Gasteiger partial charge in [0.1, 0.15) is 23.9 Å². The van der Waals surface area contributed by atoms with E-state index in [2.05, 4.69) is 38.4 Å². The number of nitrogens with zero attached hydrogens (tertiary/aromatic N) is 3. The molecule has 0 saturated heterocycles. The molecule has 9 heteroatoms. The van der Waals surface area contributed by atoms with E-state index in [4.69, 9.17) is 19.7 Å². The number of carbonyl (C=O) groups is 1. The zero-order valence-electron chi connectivity index (χ0n) is 21.1. The first-order valence-corrected chi connectivity index (χ1v) is 12.6. The van der Waals surface area contributed by atoms with Crippen molar-refractivity contribution >= 4 is 5.97 Å². The third-order valence-electron chi connectivity index (χ3n) is 6.11. The van der Waals surface area contributed by atoms with Crippen LogP contribution in [0.25, 0.3) is 5.69 Å². The molecular formula is C29H31N3O6. The van der Waals surface area contributed by atoms with Crippen molar-refractivity contribution in [2.45, 2.75) is 45.1 Å². The van der Waals surface area contributed by atoms with Crippen LogP contribution in [0.1, 0.15) is 49.2 Å². The number of benzene rings is 1. The Bertz CT molecular complexity index is 1290. The topological polar surface area (TPSA) is 116 Å². The van der Waals surface area contributed by atoms with Crippen LogP contribution in [-0.2, 0) is 27.4 Å². The van der Waals surface area contributed by atoms with E-state index in [-0.39, 0.29) is 32.0 Å². The summed E-state index contributed by atoms with van der Waals surface area (Å²) >= 11 is 0. The molecule has 38 heavy (non-hydrogen) atoms. The molecule has 0 spiro atoms.